The first-order valence-corrected chi connectivity index (χ1v) is 14.1. The summed E-state index contributed by atoms with van der Waals surface area (Å²) in [6.07, 6.45) is 1.89. The number of para-hydroxylation sites is 4. The second-order valence-electron chi connectivity index (χ2n) is 10.5. The minimum absolute atomic E-state index is 0. The van der Waals surface area contributed by atoms with Gasteiger partial charge in [0.05, 0.1) is 0 Å². The average Bonchev–Trinajstić information content (AvgIpc) is 3.64. The number of aromatic nitrogens is 1. The van der Waals surface area contributed by atoms with E-state index in [4.69, 9.17) is 14.1 Å². The summed E-state index contributed by atoms with van der Waals surface area (Å²) in [5, 5.41) is 4.94. The third kappa shape index (κ3) is 4.23. The fourth-order valence-corrected chi connectivity index (χ4v) is 5.96. The molecule has 2 aromatic heterocycles. The van der Waals surface area contributed by atoms with Gasteiger partial charge in [0, 0.05) is 72.0 Å². The molecule has 0 amide bonds. The summed E-state index contributed by atoms with van der Waals surface area (Å²) >= 11 is 0. The molecular weight excluding hydrogens is 726 g/mol. The van der Waals surface area contributed by atoms with E-state index < -0.39 is 0 Å². The minimum Gasteiger partial charge on any atom is -0.503 e. The van der Waals surface area contributed by atoms with Crippen molar-refractivity contribution >= 4 is 66.4 Å². The first kappa shape index (κ1) is 26.5. The molecule has 0 saturated carbocycles. The van der Waals surface area contributed by atoms with Crippen LogP contribution in [-0.2, 0) is 21.1 Å². The van der Waals surface area contributed by atoms with Gasteiger partial charge < -0.3 is 23.9 Å². The predicted molar refractivity (Wildman–Crippen MR) is 172 cm³/mol. The molecule has 8 aromatic rings. The van der Waals surface area contributed by atoms with Gasteiger partial charge in [-0.05, 0) is 35.8 Å². The first-order valence-electron chi connectivity index (χ1n) is 14.1. The van der Waals surface area contributed by atoms with Crippen LogP contribution in [0.15, 0.2) is 132 Å². The summed E-state index contributed by atoms with van der Waals surface area (Å²) in [5.74, 6) is 1.20. The molecule has 5 nitrogen and oxygen atoms in total. The molecule has 0 aliphatic carbocycles. The Morgan fingerprint density at radius 1 is 0.636 bits per heavy atom. The van der Waals surface area contributed by atoms with E-state index in [-0.39, 0.29) is 21.1 Å². The van der Waals surface area contributed by atoms with Crippen molar-refractivity contribution in [3.8, 4) is 11.5 Å². The third-order valence-corrected chi connectivity index (χ3v) is 7.97. The fraction of sp³-hybridized carbons (Fsp3) is 0. The second kappa shape index (κ2) is 10.5. The van der Waals surface area contributed by atoms with Crippen LogP contribution >= 0.6 is 0 Å². The molecule has 9 rings (SSSR count). The maximum Gasteiger partial charge on any atom is 0.137 e. The Kier molecular flexibility index (Phi) is 6.35. The molecule has 1 aliphatic heterocycles. The number of benzene rings is 6. The van der Waals surface area contributed by atoms with Crippen LogP contribution in [0.4, 0.5) is 22.7 Å². The molecule has 0 spiro atoms. The fourth-order valence-electron chi connectivity index (χ4n) is 5.96. The van der Waals surface area contributed by atoms with E-state index in [9.17, 15) is 0 Å². The number of anilines is 4. The normalized spacial score (nSPS) is 12.6. The molecule has 0 N–H and O–H groups in total. The average molecular weight is 748 g/mol. The number of pyridine rings is 1. The summed E-state index contributed by atoms with van der Waals surface area (Å²) in [5.41, 5.74) is 6.67. The SMILES string of the molecule is [Pt].[c-]1c(Oc2[c-]c3c(cc2)ccc2c3ncc3c4ccccc4oc32)cccc1N1[CH-]N(c2ccccc2)c2ccccc21. The van der Waals surface area contributed by atoms with E-state index in [2.05, 4.69) is 83.2 Å². The standard InChI is InChI=1S/C38H22N3O2.Pt/c1-2-9-26(10-3-1)40-24-41(35-15-6-5-14-34(35)40)27-11-8-12-28(21-27)42-29-19-17-25-18-20-31-37(32(25)22-29)39-23-33-30-13-4-7-16-36(30)43-38(31)33;/h1-20,23-24H;/q-3;. The quantitative estimate of drug-likeness (QED) is 0.133. The number of fused-ring (bicyclic) bond motifs is 8. The van der Waals surface area contributed by atoms with Gasteiger partial charge in [-0.25, -0.2) is 0 Å². The zero-order chi connectivity index (χ0) is 28.3. The molecule has 0 atom stereocenters. The van der Waals surface area contributed by atoms with Crippen LogP contribution in [0.25, 0.3) is 43.6 Å². The minimum atomic E-state index is 0. The van der Waals surface area contributed by atoms with E-state index in [1.54, 1.807) is 0 Å². The Balaban J connectivity index is 0.00000289. The van der Waals surface area contributed by atoms with Gasteiger partial charge in [0.25, 0.3) is 0 Å². The molecule has 0 unspecified atom stereocenters. The zero-order valence-electron chi connectivity index (χ0n) is 23.2. The largest absolute Gasteiger partial charge is 0.503 e. The second-order valence-corrected chi connectivity index (χ2v) is 10.5. The smallest absolute Gasteiger partial charge is 0.137 e. The molecule has 214 valence electrons. The van der Waals surface area contributed by atoms with E-state index >= 15 is 0 Å². The van der Waals surface area contributed by atoms with Crippen LogP contribution in [0.2, 0.25) is 0 Å². The molecule has 1 aliphatic rings. The summed E-state index contributed by atoms with van der Waals surface area (Å²) in [4.78, 5) is 9.18. The Labute approximate surface area is 268 Å². The molecule has 0 fully saturated rings. The molecule has 44 heavy (non-hydrogen) atoms. The molecule has 0 radical (unpaired) electrons. The number of nitrogens with zero attached hydrogens (tertiary/aromatic N) is 3. The maximum atomic E-state index is 6.35. The molecule has 3 heterocycles. The van der Waals surface area contributed by atoms with Crippen LogP contribution < -0.4 is 14.5 Å². The van der Waals surface area contributed by atoms with Crippen molar-refractivity contribution in [3.63, 3.8) is 0 Å². The molecule has 0 bridgehead atoms. The number of hydrogen-bond donors (Lipinski definition) is 0. The van der Waals surface area contributed by atoms with E-state index in [1.807, 2.05) is 72.9 Å². The number of rotatable bonds is 4. The first-order chi connectivity index (χ1) is 21.3. The summed E-state index contributed by atoms with van der Waals surface area (Å²) in [7, 11) is 0. The summed E-state index contributed by atoms with van der Waals surface area (Å²) in [6.45, 7) is 2.09. The van der Waals surface area contributed by atoms with E-state index in [1.165, 1.54) is 0 Å². The predicted octanol–water partition coefficient (Wildman–Crippen LogP) is 10.1. The maximum absolute atomic E-state index is 6.35. The number of furan rings is 1. The van der Waals surface area contributed by atoms with Crippen LogP contribution in [0.3, 0.4) is 0 Å². The van der Waals surface area contributed by atoms with Gasteiger partial charge in [0.15, 0.2) is 0 Å². The summed E-state index contributed by atoms with van der Waals surface area (Å²) in [6, 6.07) is 47.7. The zero-order valence-corrected chi connectivity index (χ0v) is 25.4. The van der Waals surface area contributed by atoms with Crippen molar-refractivity contribution in [2.24, 2.45) is 0 Å². The Morgan fingerprint density at radius 3 is 2.27 bits per heavy atom. The van der Waals surface area contributed by atoms with Gasteiger partial charge >= 0.3 is 0 Å². The van der Waals surface area contributed by atoms with Crippen LogP contribution in [0.5, 0.6) is 11.5 Å². The topological polar surface area (TPSA) is 41.7 Å². The van der Waals surface area contributed by atoms with Crippen LogP contribution in [0, 0.1) is 18.8 Å². The Hall–Kier alpha value is -5.12. The van der Waals surface area contributed by atoms with Gasteiger partial charge in [-0.2, -0.15) is 6.07 Å². The van der Waals surface area contributed by atoms with Gasteiger partial charge in [0.2, 0.25) is 0 Å². The third-order valence-electron chi connectivity index (χ3n) is 7.97. The number of hydrogen-bond acceptors (Lipinski definition) is 5. The summed E-state index contributed by atoms with van der Waals surface area (Å²) < 4.78 is 12.6. The van der Waals surface area contributed by atoms with Crippen molar-refractivity contribution in [1.29, 1.82) is 0 Å². The van der Waals surface area contributed by atoms with Crippen molar-refractivity contribution in [2.75, 3.05) is 9.80 Å². The Bertz CT molecular complexity index is 2330. The monoisotopic (exact) mass is 747 g/mol. The molecule has 0 saturated heterocycles. The molecule has 6 heteroatoms. The molecular formula is C38H22N3O2Pt-3. The van der Waals surface area contributed by atoms with Gasteiger partial charge in [-0.15, -0.1) is 53.5 Å². The Morgan fingerprint density at radius 2 is 1.39 bits per heavy atom. The molecule has 6 aromatic carbocycles. The number of ether oxygens (including phenoxy) is 1. The van der Waals surface area contributed by atoms with Crippen molar-refractivity contribution in [1.82, 2.24) is 4.98 Å². The van der Waals surface area contributed by atoms with Crippen LogP contribution in [-0.4, -0.2) is 4.98 Å². The van der Waals surface area contributed by atoms with Crippen molar-refractivity contribution in [3.05, 3.63) is 146 Å². The van der Waals surface area contributed by atoms with Crippen molar-refractivity contribution in [2.45, 2.75) is 0 Å². The van der Waals surface area contributed by atoms with E-state index in [0.29, 0.717) is 11.5 Å². The van der Waals surface area contributed by atoms with E-state index in [0.717, 1.165) is 66.4 Å². The van der Waals surface area contributed by atoms with Gasteiger partial charge in [0.1, 0.15) is 11.2 Å². The van der Waals surface area contributed by atoms with Gasteiger partial charge in [-0.1, -0.05) is 66.7 Å². The van der Waals surface area contributed by atoms with Crippen LogP contribution in [0.1, 0.15) is 0 Å². The van der Waals surface area contributed by atoms with Gasteiger partial charge in [-0.3, -0.25) is 0 Å². The van der Waals surface area contributed by atoms with Crippen molar-refractivity contribution < 1.29 is 30.2 Å².